The van der Waals surface area contributed by atoms with E-state index in [-0.39, 0.29) is 6.61 Å². The van der Waals surface area contributed by atoms with Gasteiger partial charge in [0.2, 0.25) is 0 Å². The number of halogens is 1. The van der Waals surface area contributed by atoms with E-state index in [1.807, 2.05) is 38.1 Å². The Morgan fingerprint density at radius 3 is 2.68 bits per heavy atom. The highest BCUT2D eigenvalue weighted by Crippen LogP contribution is 2.26. The fourth-order valence-corrected chi connectivity index (χ4v) is 2.21. The molecule has 1 unspecified atom stereocenters. The van der Waals surface area contributed by atoms with Gasteiger partial charge in [0, 0.05) is 15.7 Å². The lowest BCUT2D eigenvalue weighted by molar-refractivity contribution is 0.263. The van der Waals surface area contributed by atoms with Crippen LogP contribution in [0, 0.1) is 13.8 Å². The van der Waals surface area contributed by atoms with E-state index in [9.17, 15) is 0 Å². The van der Waals surface area contributed by atoms with Crippen molar-refractivity contribution >= 4 is 15.9 Å². The van der Waals surface area contributed by atoms with Crippen molar-refractivity contribution in [3.05, 3.63) is 45.8 Å². The predicted molar refractivity (Wildman–Crippen MR) is 78.7 cm³/mol. The second kappa shape index (κ2) is 5.77. The summed E-state index contributed by atoms with van der Waals surface area (Å²) in [4.78, 5) is 8.73. The van der Waals surface area contributed by atoms with E-state index in [0.29, 0.717) is 5.82 Å². The maximum atomic E-state index is 9.13. The molecule has 2 rings (SSSR count). The first kappa shape index (κ1) is 14.1. The number of aliphatic hydroxyl groups is 1. The topological polar surface area (TPSA) is 72.0 Å². The number of benzene rings is 1. The van der Waals surface area contributed by atoms with Gasteiger partial charge in [-0.05, 0) is 37.6 Å². The van der Waals surface area contributed by atoms with E-state index < -0.39 is 6.04 Å². The third-order valence-electron chi connectivity index (χ3n) is 2.88. The van der Waals surface area contributed by atoms with Gasteiger partial charge in [-0.15, -0.1) is 0 Å². The smallest absolute Gasteiger partial charge is 0.148 e. The van der Waals surface area contributed by atoms with E-state index in [2.05, 4.69) is 25.9 Å². The monoisotopic (exact) mass is 321 g/mol. The lowest BCUT2D eigenvalue weighted by Crippen LogP contribution is -2.18. The molecule has 0 saturated carbocycles. The Balaban J connectivity index is 2.56. The first-order valence-corrected chi connectivity index (χ1v) is 6.79. The number of hydrogen-bond donors (Lipinski definition) is 2. The van der Waals surface area contributed by atoms with Crippen LogP contribution in [0.25, 0.3) is 11.3 Å². The Morgan fingerprint density at radius 2 is 2.00 bits per heavy atom. The van der Waals surface area contributed by atoms with Gasteiger partial charge in [-0.2, -0.15) is 0 Å². The second-order valence-electron chi connectivity index (χ2n) is 4.50. The average molecular weight is 322 g/mol. The van der Waals surface area contributed by atoms with E-state index in [0.717, 1.165) is 27.0 Å². The largest absolute Gasteiger partial charge is 0.394 e. The van der Waals surface area contributed by atoms with Crippen LogP contribution >= 0.6 is 15.9 Å². The summed E-state index contributed by atoms with van der Waals surface area (Å²) < 4.78 is 0.998. The van der Waals surface area contributed by atoms with Gasteiger partial charge in [0.25, 0.3) is 0 Å². The van der Waals surface area contributed by atoms with Gasteiger partial charge in [0.1, 0.15) is 5.82 Å². The van der Waals surface area contributed by atoms with Gasteiger partial charge in [-0.3, -0.25) is 0 Å². The third kappa shape index (κ3) is 3.18. The Bertz CT molecular complexity index is 601. The minimum Gasteiger partial charge on any atom is -0.394 e. The van der Waals surface area contributed by atoms with Gasteiger partial charge >= 0.3 is 0 Å². The van der Waals surface area contributed by atoms with Gasteiger partial charge in [-0.25, -0.2) is 9.97 Å². The van der Waals surface area contributed by atoms with Gasteiger partial charge < -0.3 is 10.8 Å². The van der Waals surface area contributed by atoms with Crippen LogP contribution < -0.4 is 5.73 Å². The highest BCUT2D eigenvalue weighted by Gasteiger charge is 2.12. The molecule has 100 valence electrons. The van der Waals surface area contributed by atoms with Gasteiger partial charge in [0.05, 0.1) is 18.3 Å². The van der Waals surface area contributed by atoms with Crippen molar-refractivity contribution in [2.45, 2.75) is 19.9 Å². The first-order valence-electron chi connectivity index (χ1n) is 6.00. The number of nitrogens with two attached hydrogens (primary N) is 1. The molecule has 3 N–H and O–H groups in total. The Kier molecular flexibility index (Phi) is 4.29. The first-order chi connectivity index (χ1) is 9.01. The van der Waals surface area contributed by atoms with Crippen LogP contribution in [0.3, 0.4) is 0 Å². The summed E-state index contributed by atoms with van der Waals surface area (Å²) in [6.45, 7) is 3.76. The standard InChI is InChI=1S/C14H16BrN3O/c1-8-3-4-10(15)6-11(8)13-5-9(2)17-14(18-13)12(16)7-19/h3-6,12,19H,7,16H2,1-2H3. The maximum absolute atomic E-state index is 9.13. The molecule has 0 radical (unpaired) electrons. The molecule has 1 atom stereocenters. The molecule has 0 amide bonds. The van der Waals surface area contributed by atoms with Crippen LogP contribution in [0.1, 0.15) is 23.1 Å². The summed E-state index contributed by atoms with van der Waals surface area (Å²) in [5, 5.41) is 9.13. The van der Waals surface area contributed by atoms with Crippen molar-refractivity contribution in [3.63, 3.8) is 0 Å². The lowest BCUT2D eigenvalue weighted by Gasteiger charge is -2.12. The Labute approximate surface area is 120 Å². The van der Waals surface area contributed by atoms with Crippen LogP contribution in [0.15, 0.2) is 28.7 Å². The van der Waals surface area contributed by atoms with Crippen LogP contribution in [0.5, 0.6) is 0 Å². The molecule has 0 aliphatic rings. The highest BCUT2D eigenvalue weighted by atomic mass is 79.9. The van der Waals surface area contributed by atoms with E-state index in [4.69, 9.17) is 10.8 Å². The summed E-state index contributed by atoms with van der Waals surface area (Å²) in [7, 11) is 0. The average Bonchev–Trinajstić information content (AvgIpc) is 2.39. The molecule has 0 spiro atoms. The number of aliphatic hydroxyl groups excluding tert-OH is 1. The molecule has 0 aliphatic carbocycles. The Morgan fingerprint density at radius 1 is 1.26 bits per heavy atom. The molecule has 2 aromatic rings. The summed E-state index contributed by atoms with van der Waals surface area (Å²) in [5.74, 6) is 0.469. The van der Waals surface area contributed by atoms with Crippen molar-refractivity contribution in [3.8, 4) is 11.3 Å². The molecule has 4 nitrogen and oxygen atoms in total. The molecule has 5 heteroatoms. The SMILES string of the molecule is Cc1cc(-c2cc(Br)ccc2C)nc(C(N)CO)n1. The van der Waals surface area contributed by atoms with Gasteiger partial charge in [0.15, 0.2) is 0 Å². The molecular weight excluding hydrogens is 306 g/mol. The fourth-order valence-electron chi connectivity index (χ4n) is 1.85. The Hall–Kier alpha value is -1.30. The second-order valence-corrected chi connectivity index (χ2v) is 5.42. The lowest BCUT2D eigenvalue weighted by atomic mass is 10.0. The number of rotatable bonds is 3. The van der Waals surface area contributed by atoms with E-state index >= 15 is 0 Å². The predicted octanol–water partition coefficient (Wildman–Crippen LogP) is 2.52. The number of aryl methyl sites for hydroxylation is 2. The molecule has 1 aromatic heterocycles. The normalized spacial score (nSPS) is 12.5. The van der Waals surface area contributed by atoms with Crippen molar-refractivity contribution in [2.24, 2.45) is 5.73 Å². The molecule has 1 heterocycles. The molecule has 1 aromatic carbocycles. The summed E-state index contributed by atoms with van der Waals surface area (Å²) in [6.07, 6.45) is 0. The molecule has 0 bridgehead atoms. The van der Waals surface area contributed by atoms with Crippen molar-refractivity contribution < 1.29 is 5.11 Å². The zero-order valence-corrected chi connectivity index (χ0v) is 12.5. The molecule has 0 saturated heterocycles. The zero-order valence-electron chi connectivity index (χ0n) is 10.9. The van der Waals surface area contributed by atoms with Crippen molar-refractivity contribution in [2.75, 3.05) is 6.61 Å². The van der Waals surface area contributed by atoms with Crippen LogP contribution in [0.2, 0.25) is 0 Å². The van der Waals surface area contributed by atoms with E-state index in [1.165, 1.54) is 0 Å². The van der Waals surface area contributed by atoms with Crippen LogP contribution in [-0.4, -0.2) is 21.7 Å². The number of hydrogen-bond acceptors (Lipinski definition) is 4. The van der Waals surface area contributed by atoms with Gasteiger partial charge in [-0.1, -0.05) is 22.0 Å². The zero-order chi connectivity index (χ0) is 14.0. The molecule has 0 fully saturated rings. The minimum atomic E-state index is -0.550. The third-order valence-corrected chi connectivity index (χ3v) is 3.37. The summed E-state index contributed by atoms with van der Waals surface area (Å²) >= 11 is 3.47. The fraction of sp³-hybridized carbons (Fsp3) is 0.286. The molecule has 19 heavy (non-hydrogen) atoms. The van der Waals surface area contributed by atoms with Crippen molar-refractivity contribution in [1.29, 1.82) is 0 Å². The molecule has 0 aliphatic heterocycles. The summed E-state index contributed by atoms with van der Waals surface area (Å²) in [6, 6.07) is 7.41. The maximum Gasteiger partial charge on any atom is 0.148 e. The minimum absolute atomic E-state index is 0.166. The number of nitrogens with zero attached hydrogens (tertiary/aromatic N) is 2. The quantitative estimate of drug-likeness (QED) is 0.911. The van der Waals surface area contributed by atoms with Crippen LogP contribution in [0.4, 0.5) is 0 Å². The molecular formula is C14H16BrN3O. The number of aromatic nitrogens is 2. The van der Waals surface area contributed by atoms with E-state index in [1.54, 1.807) is 0 Å². The highest BCUT2D eigenvalue weighted by molar-refractivity contribution is 9.10. The summed E-state index contributed by atoms with van der Waals surface area (Å²) in [5.41, 5.74) is 9.62. The van der Waals surface area contributed by atoms with Crippen molar-refractivity contribution in [1.82, 2.24) is 9.97 Å². The van der Waals surface area contributed by atoms with Crippen LogP contribution in [-0.2, 0) is 0 Å².